The van der Waals surface area contributed by atoms with Crippen LogP contribution in [0.25, 0.3) is 11.1 Å². The van der Waals surface area contributed by atoms with Crippen molar-refractivity contribution in [2.24, 2.45) is 0 Å². The maximum atomic E-state index is 13.2. The van der Waals surface area contributed by atoms with Crippen LogP contribution in [0.2, 0.25) is 0 Å². The van der Waals surface area contributed by atoms with Gasteiger partial charge in [0.1, 0.15) is 0 Å². The number of alkyl halides is 3. The standard InChI is InChI=1S/C21H23F3N8/c1-4-31-11-16(9-28-31)14-7-15-10-30(6-5-17(15)27-8-14)19-13(3)12(2)18(25)32(29-19)20(26)21(22,23)24/h7-9,11,25-26H,4-6,10H2,1-3H3. The van der Waals surface area contributed by atoms with Crippen LogP contribution in [0.3, 0.4) is 0 Å². The first-order valence-electron chi connectivity index (χ1n) is 10.2. The Labute approximate surface area is 182 Å². The molecule has 0 radical (unpaired) electrons. The summed E-state index contributed by atoms with van der Waals surface area (Å²) in [6.07, 6.45) is 1.25. The summed E-state index contributed by atoms with van der Waals surface area (Å²) in [5, 5.41) is 23.9. The fraction of sp³-hybridized carbons (Fsp3) is 0.381. The van der Waals surface area contributed by atoms with E-state index in [-0.39, 0.29) is 0 Å². The molecule has 0 spiro atoms. The van der Waals surface area contributed by atoms with Crippen molar-refractivity contribution in [3.8, 4) is 11.1 Å². The second-order valence-electron chi connectivity index (χ2n) is 7.77. The Morgan fingerprint density at radius 2 is 1.91 bits per heavy atom. The molecule has 0 saturated carbocycles. The maximum absolute atomic E-state index is 13.2. The van der Waals surface area contributed by atoms with Gasteiger partial charge in [0, 0.05) is 60.8 Å². The Balaban J connectivity index is 1.71. The normalized spacial score (nSPS) is 13.9. The predicted octanol–water partition coefficient (Wildman–Crippen LogP) is 3.21. The Morgan fingerprint density at radius 3 is 2.56 bits per heavy atom. The molecule has 11 heteroatoms. The number of rotatable bonds is 3. The fourth-order valence-electron chi connectivity index (χ4n) is 3.76. The van der Waals surface area contributed by atoms with Crippen molar-refractivity contribution >= 4 is 11.7 Å². The SMILES string of the molecule is CCn1cc(-c2cnc3c(c2)CN(c2nn(C(=N)C(F)(F)F)c(=N)c(C)c2C)CC3)cn1. The maximum Gasteiger partial charge on any atom is 0.451 e. The molecule has 0 saturated heterocycles. The number of fused-ring (bicyclic) bond motifs is 1. The van der Waals surface area contributed by atoms with Crippen LogP contribution in [0, 0.1) is 24.7 Å². The molecule has 0 atom stereocenters. The van der Waals surface area contributed by atoms with E-state index in [0.29, 0.717) is 41.1 Å². The number of nitrogens with zero attached hydrogens (tertiary/aromatic N) is 6. The van der Waals surface area contributed by atoms with E-state index in [1.54, 1.807) is 20.0 Å². The molecule has 2 N–H and O–H groups in total. The second-order valence-corrected chi connectivity index (χ2v) is 7.77. The largest absolute Gasteiger partial charge is 0.451 e. The van der Waals surface area contributed by atoms with Gasteiger partial charge in [0.05, 0.1) is 6.20 Å². The molecule has 0 fully saturated rings. The third-order valence-electron chi connectivity index (χ3n) is 5.77. The fourth-order valence-corrected chi connectivity index (χ4v) is 3.76. The van der Waals surface area contributed by atoms with Gasteiger partial charge in [0.25, 0.3) is 0 Å². The summed E-state index contributed by atoms with van der Waals surface area (Å²) in [4.78, 5) is 6.47. The topological polar surface area (TPSA) is 99.5 Å². The van der Waals surface area contributed by atoms with Crippen LogP contribution in [0.15, 0.2) is 24.7 Å². The van der Waals surface area contributed by atoms with Gasteiger partial charge in [0.2, 0.25) is 5.84 Å². The second kappa shape index (κ2) is 7.88. The van der Waals surface area contributed by atoms with E-state index >= 15 is 0 Å². The van der Waals surface area contributed by atoms with Gasteiger partial charge >= 0.3 is 6.18 Å². The molecular formula is C21H23F3N8. The zero-order chi connectivity index (χ0) is 23.2. The Morgan fingerprint density at radius 1 is 1.16 bits per heavy atom. The van der Waals surface area contributed by atoms with Gasteiger partial charge in [0.15, 0.2) is 11.3 Å². The Bertz CT molecular complexity index is 1250. The predicted molar refractivity (Wildman–Crippen MR) is 113 cm³/mol. The molecule has 8 nitrogen and oxygen atoms in total. The first-order chi connectivity index (χ1) is 15.1. The Kier molecular flexibility index (Phi) is 5.35. The van der Waals surface area contributed by atoms with Crippen LogP contribution in [-0.2, 0) is 19.5 Å². The van der Waals surface area contributed by atoms with Gasteiger partial charge in [-0.25, -0.2) is 0 Å². The molecule has 3 aromatic heterocycles. The highest BCUT2D eigenvalue weighted by molar-refractivity contribution is 5.86. The third kappa shape index (κ3) is 3.78. The van der Waals surface area contributed by atoms with Crippen LogP contribution < -0.4 is 10.4 Å². The van der Waals surface area contributed by atoms with Crippen molar-refractivity contribution < 1.29 is 13.2 Å². The summed E-state index contributed by atoms with van der Waals surface area (Å²) in [5.74, 6) is -1.34. The molecule has 4 rings (SSSR count). The van der Waals surface area contributed by atoms with Crippen LogP contribution in [0.4, 0.5) is 19.0 Å². The van der Waals surface area contributed by atoms with E-state index in [0.717, 1.165) is 28.9 Å². The van der Waals surface area contributed by atoms with Crippen LogP contribution in [-0.4, -0.2) is 43.1 Å². The number of aryl methyl sites for hydroxylation is 1. The first kappa shape index (κ1) is 21.7. The lowest BCUT2D eigenvalue weighted by Gasteiger charge is -2.31. The van der Waals surface area contributed by atoms with Crippen molar-refractivity contribution in [2.45, 2.75) is 46.5 Å². The summed E-state index contributed by atoms with van der Waals surface area (Å²) in [6, 6.07) is 2.03. The average Bonchev–Trinajstić information content (AvgIpc) is 3.25. The number of hydrogen-bond acceptors (Lipinski definition) is 6. The van der Waals surface area contributed by atoms with Crippen LogP contribution >= 0.6 is 0 Å². The van der Waals surface area contributed by atoms with E-state index in [1.165, 1.54) is 0 Å². The Hall–Kier alpha value is -3.50. The van der Waals surface area contributed by atoms with E-state index in [9.17, 15) is 13.2 Å². The highest BCUT2D eigenvalue weighted by Gasteiger charge is 2.38. The molecule has 1 aliphatic heterocycles. The number of hydrogen-bond donors (Lipinski definition) is 2. The molecule has 0 aliphatic carbocycles. The minimum atomic E-state index is -4.90. The summed E-state index contributed by atoms with van der Waals surface area (Å²) < 4.78 is 41.7. The number of aromatic nitrogens is 5. The molecule has 32 heavy (non-hydrogen) atoms. The molecule has 3 aromatic rings. The average molecular weight is 444 g/mol. The van der Waals surface area contributed by atoms with Gasteiger partial charge in [-0.05, 0) is 38.0 Å². The van der Waals surface area contributed by atoms with Gasteiger partial charge in [-0.15, -0.1) is 5.10 Å². The van der Waals surface area contributed by atoms with Gasteiger partial charge < -0.3 is 4.90 Å². The van der Waals surface area contributed by atoms with Gasteiger partial charge in [-0.1, -0.05) is 0 Å². The van der Waals surface area contributed by atoms with Crippen molar-refractivity contribution in [1.82, 2.24) is 24.5 Å². The minimum absolute atomic E-state index is 0.336. The lowest BCUT2D eigenvalue weighted by Crippen LogP contribution is -2.42. The lowest BCUT2D eigenvalue weighted by atomic mass is 10.0. The molecule has 0 amide bonds. The van der Waals surface area contributed by atoms with E-state index in [1.807, 2.05) is 35.0 Å². The molecule has 0 aromatic carbocycles. The lowest BCUT2D eigenvalue weighted by molar-refractivity contribution is -0.0632. The van der Waals surface area contributed by atoms with E-state index in [2.05, 4.69) is 15.2 Å². The summed E-state index contributed by atoms with van der Waals surface area (Å²) >= 11 is 0. The highest BCUT2D eigenvalue weighted by atomic mass is 19.4. The number of halogens is 3. The molecular weight excluding hydrogens is 421 g/mol. The summed E-state index contributed by atoms with van der Waals surface area (Å²) in [5.41, 5.74) is 4.30. The molecule has 1 aliphatic rings. The third-order valence-corrected chi connectivity index (χ3v) is 5.77. The van der Waals surface area contributed by atoms with Crippen LogP contribution in [0.5, 0.6) is 0 Å². The van der Waals surface area contributed by atoms with Crippen molar-refractivity contribution in [1.29, 1.82) is 10.8 Å². The zero-order valence-corrected chi connectivity index (χ0v) is 18.0. The monoisotopic (exact) mass is 444 g/mol. The van der Waals surface area contributed by atoms with Crippen LogP contribution in [0.1, 0.15) is 29.3 Å². The number of pyridine rings is 1. The van der Waals surface area contributed by atoms with E-state index in [4.69, 9.17) is 10.8 Å². The quantitative estimate of drug-likeness (QED) is 0.479. The molecule has 4 heterocycles. The minimum Gasteiger partial charge on any atom is -0.350 e. The van der Waals surface area contributed by atoms with Crippen molar-refractivity contribution in [2.75, 3.05) is 11.4 Å². The van der Waals surface area contributed by atoms with Crippen molar-refractivity contribution in [3.63, 3.8) is 0 Å². The smallest absolute Gasteiger partial charge is 0.350 e. The summed E-state index contributed by atoms with van der Waals surface area (Å²) in [6.45, 7) is 7.02. The van der Waals surface area contributed by atoms with Gasteiger partial charge in [-0.2, -0.15) is 23.0 Å². The summed E-state index contributed by atoms with van der Waals surface area (Å²) in [7, 11) is 0. The first-order valence-corrected chi connectivity index (χ1v) is 10.2. The molecule has 0 unspecified atom stereocenters. The number of nitrogens with one attached hydrogen (secondary N) is 2. The molecule has 168 valence electrons. The van der Waals surface area contributed by atoms with Crippen molar-refractivity contribution in [3.05, 3.63) is 52.5 Å². The van der Waals surface area contributed by atoms with Gasteiger partial charge in [-0.3, -0.25) is 20.5 Å². The molecule has 0 bridgehead atoms. The van der Waals surface area contributed by atoms with E-state index < -0.39 is 17.5 Å². The highest BCUT2D eigenvalue weighted by Crippen LogP contribution is 2.28. The zero-order valence-electron chi connectivity index (χ0n) is 18.0. The number of anilines is 1.